The lowest BCUT2D eigenvalue weighted by atomic mass is 9.52. The van der Waals surface area contributed by atoms with Crippen LogP contribution in [0.4, 0.5) is 0 Å². The molecule has 112 valence electrons. The van der Waals surface area contributed by atoms with Gasteiger partial charge in [0, 0.05) is 16.5 Å². The lowest BCUT2D eigenvalue weighted by molar-refractivity contribution is -0.0430. The molecule has 2 heteroatoms. The van der Waals surface area contributed by atoms with Crippen molar-refractivity contribution in [2.75, 3.05) is 0 Å². The van der Waals surface area contributed by atoms with Gasteiger partial charge in [-0.3, -0.25) is 0 Å². The van der Waals surface area contributed by atoms with Gasteiger partial charge in [-0.2, -0.15) is 0 Å². The van der Waals surface area contributed by atoms with Gasteiger partial charge in [0.1, 0.15) is 0 Å². The first kappa shape index (κ1) is 13.6. The molecule has 0 saturated heterocycles. The Bertz CT molecular complexity index is 801. The average Bonchev–Trinajstić information content (AvgIpc) is 2.83. The Balaban J connectivity index is 1.97. The molecule has 0 aromatic heterocycles. The van der Waals surface area contributed by atoms with E-state index in [0.29, 0.717) is 11.5 Å². The number of carbonyl (C=O) groups is 1. The summed E-state index contributed by atoms with van der Waals surface area (Å²) in [6.45, 7) is 8.76. The van der Waals surface area contributed by atoms with E-state index in [4.69, 9.17) is 4.74 Å². The number of ether oxygens (including phenoxy) is 1. The normalized spacial score (nSPS) is 24.0. The molecule has 0 saturated carbocycles. The number of hydrogen-bond donors (Lipinski definition) is 0. The number of rotatable bonds is 1. The van der Waals surface area contributed by atoms with Crippen LogP contribution in [0.25, 0.3) is 0 Å². The maximum Gasteiger partial charge on any atom is 0.339 e. The highest BCUT2D eigenvalue weighted by atomic mass is 16.6. The Hall–Kier alpha value is -2.09. The molecular weight excluding hydrogens is 272 g/mol. The van der Waals surface area contributed by atoms with Gasteiger partial charge in [0.05, 0.1) is 5.56 Å². The summed E-state index contributed by atoms with van der Waals surface area (Å²) in [7, 11) is 0. The van der Waals surface area contributed by atoms with Gasteiger partial charge in [-0.15, -0.1) is 0 Å². The predicted molar refractivity (Wildman–Crippen MR) is 86.2 cm³/mol. The molecule has 1 spiro atoms. The van der Waals surface area contributed by atoms with Gasteiger partial charge in [-0.25, -0.2) is 4.79 Å². The van der Waals surface area contributed by atoms with Crippen molar-refractivity contribution >= 4 is 5.97 Å². The summed E-state index contributed by atoms with van der Waals surface area (Å²) >= 11 is 0. The molecule has 1 atom stereocenters. The molecule has 0 N–H and O–H groups in total. The van der Waals surface area contributed by atoms with Gasteiger partial charge in [0.2, 0.25) is 0 Å². The molecule has 1 heterocycles. The van der Waals surface area contributed by atoms with E-state index >= 15 is 0 Å². The third kappa shape index (κ3) is 1.34. The number of esters is 1. The van der Waals surface area contributed by atoms with Crippen LogP contribution in [0.5, 0.6) is 0 Å². The maximum atomic E-state index is 12.3. The first-order chi connectivity index (χ1) is 10.4. The quantitative estimate of drug-likeness (QED) is 0.723. The Labute approximate surface area is 131 Å². The molecule has 0 radical (unpaired) electrons. The zero-order chi connectivity index (χ0) is 15.7. The highest BCUT2D eigenvalue weighted by molar-refractivity contribution is 5.96. The van der Waals surface area contributed by atoms with Gasteiger partial charge in [-0.05, 0) is 23.1 Å². The third-order valence-corrected chi connectivity index (χ3v) is 5.42. The van der Waals surface area contributed by atoms with E-state index in [0.717, 1.165) is 11.1 Å². The molecule has 0 bridgehead atoms. The third-order valence-electron chi connectivity index (χ3n) is 5.42. The second-order valence-corrected chi connectivity index (χ2v) is 7.20. The van der Waals surface area contributed by atoms with E-state index in [1.54, 1.807) is 0 Å². The van der Waals surface area contributed by atoms with Crippen molar-refractivity contribution in [3.05, 3.63) is 70.3 Å². The van der Waals surface area contributed by atoms with E-state index in [9.17, 15) is 4.79 Å². The molecule has 2 nitrogen and oxygen atoms in total. The van der Waals surface area contributed by atoms with Gasteiger partial charge in [0.25, 0.3) is 0 Å². The molecule has 1 aliphatic carbocycles. The van der Waals surface area contributed by atoms with Crippen LogP contribution < -0.4 is 0 Å². The van der Waals surface area contributed by atoms with E-state index in [1.165, 1.54) is 11.1 Å². The Kier molecular flexibility index (Phi) is 2.47. The molecular formula is C20H20O2. The van der Waals surface area contributed by atoms with Crippen molar-refractivity contribution in [1.82, 2.24) is 0 Å². The minimum absolute atomic E-state index is 0.206. The van der Waals surface area contributed by atoms with E-state index in [2.05, 4.69) is 45.9 Å². The molecule has 2 aliphatic rings. The molecule has 0 amide bonds. The summed E-state index contributed by atoms with van der Waals surface area (Å²) in [4.78, 5) is 12.3. The summed E-state index contributed by atoms with van der Waals surface area (Å²) < 4.78 is 5.96. The van der Waals surface area contributed by atoms with Crippen LogP contribution in [0.15, 0.2) is 42.5 Å². The number of fused-ring (bicyclic) bond motifs is 4. The topological polar surface area (TPSA) is 26.3 Å². The smallest absolute Gasteiger partial charge is 0.339 e. The molecule has 1 aliphatic heterocycles. The summed E-state index contributed by atoms with van der Waals surface area (Å²) in [5.41, 5.74) is 4.65. The van der Waals surface area contributed by atoms with E-state index in [1.807, 2.05) is 24.3 Å². The minimum Gasteiger partial charge on any atom is -0.445 e. The lowest BCUT2D eigenvalue weighted by Gasteiger charge is -2.54. The van der Waals surface area contributed by atoms with E-state index < -0.39 is 5.60 Å². The fourth-order valence-electron chi connectivity index (χ4n) is 4.09. The summed E-state index contributed by atoms with van der Waals surface area (Å²) in [6, 6.07) is 14.4. The summed E-state index contributed by atoms with van der Waals surface area (Å²) in [5.74, 6) is 0.290. The van der Waals surface area contributed by atoms with E-state index in [-0.39, 0.29) is 11.4 Å². The van der Waals surface area contributed by atoms with Crippen molar-refractivity contribution in [2.45, 2.75) is 44.6 Å². The highest BCUT2D eigenvalue weighted by Gasteiger charge is 2.65. The van der Waals surface area contributed by atoms with Crippen LogP contribution in [-0.2, 0) is 15.8 Å². The van der Waals surface area contributed by atoms with Gasteiger partial charge in [-0.1, -0.05) is 64.1 Å². The van der Waals surface area contributed by atoms with Gasteiger partial charge >= 0.3 is 5.97 Å². The Morgan fingerprint density at radius 1 is 0.955 bits per heavy atom. The van der Waals surface area contributed by atoms with Crippen LogP contribution in [0, 0.1) is 0 Å². The number of carbonyl (C=O) groups excluding carboxylic acids is 1. The monoisotopic (exact) mass is 292 g/mol. The van der Waals surface area contributed by atoms with Crippen molar-refractivity contribution in [3.63, 3.8) is 0 Å². The van der Waals surface area contributed by atoms with Crippen LogP contribution in [-0.4, -0.2) is 5.97 Å². The SMILES string of the molecule is CC(C)c1ccc2c(c1)C(C)(C)[C@@]21OC(=O)c2ccccc21. The van der Waals surface area contributed by atoms with Crippen molar-refractivity contribution in [3.8, 4) is 0 Å². The zero-order valence-electron chi connectivity index (χ0n) is 13.4. The van der Waals surface area contributed by atoms with Crippen LogP contribution in [0.3, 0.4) is 0 Å². The van der Waals surface area contributed by atoms with Crippen molar-refractivity contribution in [1.29, 1.82) is 0 Å². The fourth-order valence-corrected chi connectivity index (χ4v) is 4.09. The molecule has 0 fully saturated rings. The van der Waals surface area contributed by atoms with Gasteiger partial charge < -0.3 is 4.74 Å². The first-order valence-corrected chi connectivity index (χ1v) is 7.87. The van der Waals surface area contributed by atoms with Crippen molar-refractivity contribution in [2.24, 2.45) is 0 Å². The zero-order valence-corrected chi connectivity index (χ0v) is 13.4. The maximum absolute atomic E-state index is 12.3. The molecule has 2 aromatic carbocycles. The molecule has 22 heavy (non-hydrogen) atoms. The molecule has 0 unspecified atom stereocenters. The first-order valence-electron chi connectivity index (χ1n) is 7.87. The number of benzene rings is 2. The van der Waals surface area contributed by atoms with Crippen LogP contribution in [0.2, 0.25) is 0 Å². The van der Waals surface area contributed by atoms with Gasteiger partial charge in [0.15, 0.2) is 5.60 Å². The largest absolute Gasteiger partial charge is 0.445 e. The van der Waals surface area contributed by atoms with Crippen molar-refractivity contribution < 1.29 is 9.53 Å². The summed E-state index contributed by atoms with van der Waals surface area (Å²) in [5, 5.41) is 0. The lowest BCUT2D eigenvalue weighted by Crippen LogP contribution is -2.56. The van der Waals surface area contributed by atoms with Crippen LogP contribution in [0.1, 0.15) is 66.2 Å². The average molecular weight is 292 g/mol. The minimum atomic E-state index is -0.620. The Morgan fingerprint density at radius 2 is 1.68 bits per heavy atom. The molecule has 4 rings (SSSR count). The second-order valence-electron chi connectivity index (χ2n) is 7.20. The highest BCUT2D eigenvalue weighted by Crippen LogP contribution is 2.63. The standard InChI is InChI=1S/C20H20O2/c1-12(2)13-9-10-16-17(11-13)19(3,4)20(16)15-8-6-5-7-14(15)18(21)22-20/h5-12H,1-4H3/t20-/m0/s1. The second kappa shape index (κ2) is 4.01. The summed E-state index contributed by atoms with van der Waals surface area (Å²) in [6.07, 6.45) is 0. The number of hydrogen-bond acceptors (Lipinski definition) is 2. The molecule has 2 aromatic rings. The fraction of sp³-hybridized carbons (Fsp3) is 0.350. The predicted octanol–water partition coefficient (Wildman–Crippen LogP) is 4.52. The van der Waals surface area contributed by atoms with Crippen LogP contribution >= 0.6 is 0 Å². The Morgan fingerprint density at radius 3 is 2.41 bits per heavy atom.